The molecule has 0 bridgehead atoms. The van der Waals surface area contributed by atoms with Crippen molar-refractivity contribution in [2.75, 3.05) is 13.7 Å². The van der Waals surface area contributed by atoms with Gasteiger partial charge in [-0.25, -0.2) is 0 Å². The van der Waals surface area contributed by atoms with Crippen molar-refractivity contribution < 1.29 is 14.3 Å². The van der Waals surface area contributed by atoms with E-state index >= 15 is 0 Å². The molecule has 0 N–H and O–H groups in total. The lowest BCUT2D eigenvalue weighted by atomic mass is 10.2. The topological polar surface area (TPSA) is 66.2 Å². The van der Waals surface area contributed by atoms with Gasteiger partial charge in [0.15, 0.2) is 11.0 Å². The molecule has 1 saturated heterocycles. The van der Waals surface area contributed by atoms with Crippen molar-refractivity contribution in [2.24, 2.45) is 0 Å². The molecule has 132 valence electrons. The molecule has 1 aliphatic rings. The Morgan fingerprint density at radius 2 is 1.88 bits per heavy atom. The van der Waals surface area contributed by atoms with Crippen LogP contribution in [0.5, 0.6) is 5.75 Å². The SMILES string of the molecule is COc1ccc(-c2nnc(S[C@H]3CCOC3=O)n2-c2ccccc2)cc1. The summed E-state index contributed by atoms with van der Waals surface area (Å²) in [6, 6.07) is 17.5. The maximum atomic E-state index is 11.9. The van der Waals surface area contributed by atoms with E-state index in [9.17, 15) is 4.79 Å². The Balaban J connectivity index is 1.77. The van der Waals surface area contributed by atoms with Crippen LogP contribution < -0.4 is 4.74 Å². The van der Waals surface area contributed by atoms with E-state index in [4.69, 9.17) is 9.47 Å². The van der Waals surface area contributed by atoms with E-state index in [2.05, 4.69) is 10.2 Å². The zero-order valence-electron chi connectivity index (χ0n) is 14.2. The fraction of sp³-hybridized carbons (Fsp3) is 0.211. The lowest BCUT2D eigenvalue weighted by molar-refractivity contribution is -0.137. The molecule has 1 fully saturated rings. The number of hydrogen-bond donors (Lipinski definition) is 0. The monoisotopic (exact) mass is 367 g/mol. The van der Waals surface area contributed by atoms with E-state index in [1.54, 1.807) is 7.11 Å². The van der Waals surface area contributed by atoms with Crippen LogP contribution in [0.25, 0.3) is 17.1 Å². The van der Waals surface area contributed by atoms with Gasteiger partial charge in [-0.3, -0.25) is 9.36 Å². The quantitative estimate of drug-likeness (QED) is 0.644. The summed E-state index contributed by atoms with van der Waals surface area (Å²) < 4.78 is 12.3. The van der Waals surface area contributed by atoms with Crippen molar-refractivity contribution >= 4 is 17.7 Å². The molecule has 1 atom stereocenters. The van der Waals surface area contributed by atoms with Crippen molar-refractivity contribution in [1.29, 1.82) is 0 Å². The van der Waals surface area contributed by atoms with E-state index in [1.165, 1.54) is 11.8 Å². The first-order valence-corrected chi connectivity index (χ1v) is 9.13. The highest BCUT2D eigenvalue weighted by atomic mass is 32.2. The maximum Gasteiger partial charge on any atom is 0.319 e. The molecule has 0 spiro atoms. The van der Waals surface area contributed by atoms with Gasteiger partial charge in [-0.1, -0.05) is 30.0 Å². The third kappa shape index (κ3) is 3.17. The second-order valence-corrected chi connectivity index (χ2v) is 6.94. The molecular weight excluding hydrogens is 350 g/mol. The smallest absolute Gasteiger partial charge is 0.319 e. The standard InChI is InChI=1S/C19H17N3O3S/c1-24-15-9-7-13(8-10-15)17-20-21-19(26-16-11-12-25-18(16)23)22(17)14-5-3-2-4-6-14/h2-10,16H,11-12H2,1H3/t16-/m0/s1. The van der Waals surface area contributed by atoms with Crippen LogP contribution >= 0.6 is 11.8 Å². The van der Waals surface area contributed by atoms with Crippen molar-refractivity contribution in [3.05, 3.63) is 54.6 Å². The second-order valence-electron chi connectivity index (χ2n) is 5.77. The Labute approximate surface area is 155 Å². The molecular formula is C19H17N3O3S. The third-order valence-electron chi connectivity index (χ3n) is 4.13. The molecule has 2 aromatic carbocycles. The summed E-state index contributed by atoms with van der Waals surface area (Å²) in [5.74, 6) is 1.30. The van der Waals surface area contributed by atoms with Gasteiger partial charge in [0.2, 0.25) is 0 Å². The number of aromatic nitrogens is 3. The van der Waals surface area contributed by atoms with Gasteiger partial charge in [-0.2, -0.15) is 0 Å². The van der Waals surface area contributed by atoms with Crippen LogP contribution in [0.4, 0.5) is 0 Å². The van der Waals surface area contributed by atoms with Crippen LogP contribution in [0.3, 0.4) is 0 Å². The number of esters is 1. The van der Waals surface area contributed by atoms with Crippen LogP contribution in [-0.4, -0.2) is 39.7 Å². The Morgan fingerprint density at radius 1 is 1.12 bits per heavy atom. The summed E-state index contributed by atoms with van der Waals surface area (Å²) in [7, 11) is 1.64. The number of para-hydroxylation sites is 1. The van der Waals surface area contributed by atoms with Gasteiger partial charge in [0.25, 0.3) is 0 Å². The van der Waals surface area contributed by atoms with Crippen LogP contribution in [0, 0.1) is 0 Å². The van der Waals surface area contributed by atoms with Crippen LogP contribution in [-0.2, 0) is 9.53 Å². The molecule has 6 nitrogen and oxygen atoms in total. The molecule has 0 radical (unpaired) electrons. The normalized spacial score (nSPS) is 16.5. The van der Waals surface area contributed by atoms with E-state index in [0.29, 0.717) is 24.0 Å². The lowest BCUT2D eigenvalue weighted by Gasteiger charge is -2.11. The van der Waals surface area contributed by atoms with Crippen molar-refractivity contribution in [3.63, 3.8) is 0 Å². The van der Waals surface area contributed by atoms with Crippen LogP contribution in [0.2, 0.25) is 0 Å². The van der Waals surface area contributed by atoms with E-state index in [1.807, 2.05) is 59.2 Å². The number of hydrogen-bond acceptors (Lipinski definition) is 6. The first kappa shape index (κ1) is 16.7. The predicted molar refractivity (Wildman–Crippen MR) is 98.6 cm³/mol. The van der Waals surface area contributed by atoms with E-state index in [-0.39, 0.29) is 11.2 Å². The molecule has 26 heavy (non-hydrogen) atoms. The number of thioether (sulfide) groups is 1. The number of cyclic esters (lactones) is 1. The van der Waals surface area contributed by atoms with Gasteiger partial charge in [0, 0.05) is 17.7 Å². The number of carbonyl (C=O) groups is 1. The minimum Gasteiger partial charge on any atom is -0.497 e. The van der Waals surface area contributed by atoms with Gasteiger partial charge in [0.1, 0.15) is 11.0 Å². The van der Waals surface area contributed by atoms with Gasteiger partial charge in [-0.05, 0) is 36.4 Å². The Hall–Kier alpha value is -2.80. The summed E-state index contributed by atoms with van der Waals surface area (Å²) in [6.07, 6.45) is 0.684. The first-order chi connectivity index (χ1) is 12.8. The number of benzene rings is 2. The molecule has 0 aliphatic carbocycles. The molecule has 4 rings (SSSR count). The fourth-order valence-electron chi connectivity index (χ4n) is 2.79. The highest BCUT2D eigenvalue weighted by Gasteiger charge is 2.30. The highest BCUT2D eigenvalue weighted by Crippen LogP contribution is 2.33. The zero-order chi connectivity index (χ0) is 17.9. The number of nitrogens with zero attached hydrogens (tertiary/aromatic N) is 3. The van der Waals surface area contributed by atoms with Crippen molar-refractivity contribution in [2.45, 2.75) is 16.8 Å². The molecule has 0 unspecified atom stereocenters. The Bertz CT molecular complexity index is 910. The zero-order valence-corrected chi connectivity index (χ0v) is 15.0. The summed E-state index contributed by atoms with van der Waals surface area (Å²) in [5.41, 5.74) is 1.86. The summed E-state index contributed by atoms with van der Waals surface area (Å²) in [4.78, 5) is 11.9. The highest BCUT2D eigenvalue weighted by molar-refractivity contribution is 8.00. The van der Waals surface area contributed by atoms with Gasteiger partial charge < -0.3 is 9.47 Å². The average Bonchev–Trinajstić information content (AvgIpc) is 3.29. The van der Waals surface area contributed by atoms with Gasteiger partial charge in [0.05, 0.1) is 13.7 Å². The molecule has 2 heterocycles. The second kappa shape index (κ2) is 7.21. The molecule has 0 saturated carbocycles. The Kier molecular flexibility index (Phi) is 4.62. The molecule has 0 amide bonds. The minimum absolute atomic E-state index is 0.191. The Morgan fingerprint density at radius 3 is 2.54 bits per heavy atom. The summed E-state index contributed by atoms with van der Waals surface area (Å²) in [5, 5.41) is 9.16. The maximum absolute atomic E-state index is 11.9. The largest absolute Gasteiger partial charge is 0.497 e. The minimum atomic E-state index is -0.245. The summed E-state index contributed by atoms with van der Waals surface area (Å²) in [6.45, 7) is 0.460. The predicted octanol–water partition coefficient (Wildman–Crippen LogP) is 3.35. The number of ether oxygens (including phenoxy) is 2. The third-order valence-corrected chi connectivity index (χ3v) is 5.32. The number of methoxy groups -OCH3 is 1. The van der Waals surface area contributed by atoms with Crippen molar-refractivity contribution in [3.8, 4) is 22.8 Å². The molecule has 1 aliphatic heterocycles. The van der Waals surface area contributed by atoms with E-state index < -0.39 is 0 Å². The molecule has 3 aromatic rings. The molecule has 7 heteroatoms. The number of carbonyl (C=O) groups excluding carboxylic acids is 1. The van der Waals surface area contributed by atoms with Crippen molar-refractivity contribution in [1.82, 2.24) is 14.8 Å². The first-order valence-electron chi connectivity index (χ1n) is 8.25. The van der Waals surface area contributed by atoms with E-state index in [0.717, 1.165) is 17.0 Å². The number of rotatable bonds is 5. The van der Waals surface area contributed by atoms with Gasteiger partial charge >= 0.3 is 5.97 Å². The molecule has 1 aromatic heterocycles. The fourth-order valence-corrected chi connectivity index (χ4v) is 3.81. The summed E-state index contributed by atoms with van der Waals surface area (Å²) >= 11 is 1.39. The lowest BCUT2D eigenvalue weighted by Crippen LogP contribution is -2.11. The van der Waals surface area contributed by atoms with Crippen LogP contribution in [0.1, 0.15) is 6.42 Å². The average molecular weight is 367 g/mol. The van der Waals surface area contributed by atoms with Gasteiger partial charge in [-0.15, -0.1) is 10.2 Å². The van der Waals surface area contributed by atoms with Crippen LogP contribution in [0.15, 0.2) is 59.8 Å².